The molecule has 1 aliphatic rings. The summed E-state index contributed by atoms with van der Waals surface area (Å²) < 4.78 is 0. The molecule has 18 heavy (non-hydrogen) atoms. The fraction of sp³-hybridized carbons (Fsp3) is 0.600. The monoisotopic (exact) mass is 285 g/mol. The maximum atomic E-state index is 6.05. The van der Waals surface area contributed by atoms with Crippen LogP contribution in [0.1, 0.15) is 38.7 Å². The average molecular weight is 286 g/mol. The quantitative estimate of drug-likeness (QED) is 0.799. The molecule has 1 saturated carbocycles. The van der Waals surface area contributed by atoms with Crippen molar-refractivity contribution in [2.24, 2.45) is 5.41 Å². The molecule has 0 aliphatic heterocycles. The van der Waals surface area contributed by atoms with Crippen molar-refractivity contribution in [3.8, 4) is 0 Å². The van der Waals surface area contributed by atoms with Crippen molar-refractivity contribution in [3.05, 3.63) is 33.8 Å². The highest BCUT2D eigenvalue weighted by atomic mass is 35.5. The summed E-state index contributed by atoms with van der Waals surface area (Å²) in [6.07, 6.45) is 4.93. The lowest BCUT2D eigenvalue weighted by Crippen LogP contribution is -2.25. The Hall–Kier alpha value is -0.240. The number of nitrogens with one attached hydrogen (secondary N) is 1. The van der Waals surface area contributed by atoms with E-state index >= 15 is 0 Å². The van der Waals surface area contributed by atoms with Crippen molar-refractivity contribution in [2.45, 2.75) is 45.6 Å². The average Bonchev–Trinajstić information content (AvgIpc) is 3.07. The van der Waals surface area contributed by atoms with E-state index in [0.717, 1.165) is 19.0 Å². The second kappa shape index (κ2) is 5.81. The van der Waals surface area contributed by atoms with Gasteiger partial charge >= 0.3 is 0 Å². The zero-order valence-corrected chi connectivity index (χ0v) is 12.6. The second-order valence-electron chi connectivity index (χ2n) is 6.07. The Balaban J connectivity index is 1.86. The van der Waals surface area contributed by atoms with Crippen molar-refractivity contribution >= 4 is 23.2 Å². The molecule has 1 N–H and O–H groups in total. The number of halogens is 2. The maximum Gasteiger partial charge on any atom is 0.0595 e. The Labute approximate surface area is 120 Å². The Morgan fingerprint density at radius 1 is 1.22 bits per heavy atom. The van der Waals surface area contributed by atoms with Crippen LogP contribution in [-0.2, 0) is 6.42 Å². The molecule has 0 heterocycles. The summed E-state index contributed by atoms with van der Waals surface area (Å²) in [6.45, 7) is 5.73. The molecule has 0 atom stereocenters. The smallest absolute Gasteiger partial charge is 0.0595 e. The molecular formula is C15H21Cl2N. The molecule has 0 spiro atoms. The van der Waals surface area contributed by atoms with E-state index in [9.17, 15) is 0 Å². The van der Waals surface area contributed by atoms with Crippen molar-refractivity contribution in [3.63, 3.8) is 0 Å². The zero-order chi connectivity index (χ0) is 13.2. The number of hydrogen-bond acceptors (Lipinski definition) is 1. The SMILES string of the molecule is CC(C)(CCNC1CC1)Cc1ccc(Cl)c(Cl)c1. The van der Waals surface area contributed by atoms with E-state index in [0.29, 0.717) is 15.5 Å². The highest BCUT2D eigenvalue weighted by molar-refractivity contribution is 6.42. The molecule has 2 rings (SSSR count). The van der Waals surface area contributed by atoms with Gasteiger partial charge < -0.3 is 5.32 Å². The van der Waals surface area contributed by atoms with Crippen LogP contribution in [0.4, 0.5) is 0 Å². The molecule has 1 aromatic carbocycles. The van der Waals surface area contributed by atoms with Crippen molar-refractivity contribution in [1.29, 1.82) is 0 Å². The lowest BCUT2D eigenvalue weighted by Gasteiger charge is -2.25. The standard InChI is InChI=1S/C15H21Cl2N/c1-15(2,7-8-18-12-4-5-12)10-11-3-6-13(16)14(17)9-11/h3,6,9,12,18H,4-5,7-8,10H2,1-2H3. The van der Waals surface area contributed by atoms with Gasteiger partial charge in [0.15, 0.2) is 0 Å². The van der Waals surface area contributed by atoms with Gasteiger partial charge in [0.2, 0.25) is 0 Å². The van der Waals surface area contributed by atoms with E-state index in [-0.39, 0.29) is 0 Å². The molecule has 0 aromatic heterocycles. The van der Waals surface area contributed by atoms with Crippen LogP contribution in [0.3, 0.4) is 0 Å². The first-order valence-electron chi connectivity index (χ1n) is 6.64. The lowest BCUT2D eigenvalue weighted by atomic mass is 9.82. The summed E-state index contributed by atoms with van der Waals surface area (Å²) in [7, 11) is 0. The molecule has 1 nitrogen and oxygen atoms in total. The van der Waals surface area contributed by atoms with Crippen molar-refractivity contribution in [1.82, 2.24) is 5.32 Å². The van der Waals surface area contributed by atoms with Crippen molar-refractivity contribution in [2.75, 3.05) is 6.54 Å². The maximum absolute atomic E-state index is 6.05. The number of benzene rings is 1. The molecule has 1 fully saturated rings. The summed E-state index contributed by atoms with van der Waals surface area (Å²) in [5.41, 5.74) is 1.56. The van der Waals surface area contributed by atoms with Crippen LogP contribution in [-0.4, -0.2) is 12.6 Å². The van der Waals surface area contributed by atoms with Crippen LogP contribution in [0.5, 0.6) is 0 Å². The summed E-state index contributed by atoms with van der Waals surface area (Å²) in [4.78, 5) is 0. The molecule has 1 aromatic rings. The molecule has 0 saturated heterocycles. The van der Waals surface area contributed by atoms with E-state index in [1.165, 1.54) is 24.8 Å². The predicted octanol–water partition coefficient (Wildman–Crippen LogP) is 4.70. The van der Waals surface area contributed by atoms with E-state index in [2.05, 4.69) is 25.2 Å². The second-order valence-corrected chi connectivity index (χ2v) is 6.88. The van der Waals surface area contributed by atoms with Gasteiger partial charge in [-0.05, 0) is 55.3 Å². The van der Waals surface area contributed by atoms with Crippen LogP contribution >= 0.6 is 23.2 Å². The van der Waals surface area contributed by atoms with Crippen LogP contribution in [0.15, 0.2) is 18.2 Å². The predicted molar refractivity (Wildman–Crippen MR) is 79.6 cm³/mol. The van der Waals surface area contributed by atoms with Gasteiger partial charge in [-0.25, -0.2) is 0 Å². The number of rotatable bonds is 6. The molecule has 0 amide bonds. The van der Waals surface area contributed by atoms with Crippen molar-refractivity contribution < 1.29 is 0 Å². The van der Waals surface area contributed by atoms with E-state index < -0.39 is 0 Å². The first-order valence-corrected chi connectivity index (χ1v) is 7.39. The zero-order valence-electron chi connectivity index (χ0n) is 11.1. The molecule has 0 bridgehead atoms. The molecule has 100 valence electrons. The van der Waals surface area contributed by atoms with Gasteiger partial charge in [0.25, 0.3) is 0 Å². The summed E-state index contributed by atoms with van der Waals surface area (Å²) in [5, 5.41) is 4.86. The van der Waals surface area contributed by atoms with E-state index in [4.69, 9.17) is 23.2 Å². The molecular weight excluding hydrogens is 265 g/mol. The minimum absolute atomic E-state index is 0.291. The highest BCUT2D eigenvalue weighted by Gasteiger charge is 2.23. The van der Waals surface area contributed by atoms with Gasteiger partial charge in [-0.15, -0.1) is 0 Å². The number of hydrogen-bond donors (Lipinski definition) is 1. The fourth-order valence-corrected chi connectivity index (χ4v) is 2.51. The van der Waals surface area contributed by atoms with Gasteiger partial charge in [0.1, 0.15) is 0 Å². The summed E-state index contributed by atoms with van der Waals surface area (Å²) in [5.74, 6) is 0. The first kappa shape index (κ1) is 14.2. The van der Waals surface area contributed by atoms with Crippen LogP contribution < -0.4 is 5.32 Å². The van der Waals surface area contributed by atoms with Gasteiger partial charge in [0.05, 0.1) is 10.0 Å². The van der Waals surface area contributed by atoms with Crippen LogP contribution in [0.25, 0.3) is 0 Å². The highest BCUT2D eigenvalue weighted by Crippen LogP contribution is 2.29. The van der Waals surface area contributed by atoms with Crippen LogP contribution in [0.2, 0.25) is 10.0 Å². The molecule has 0 radical (unpaired) electrons. The third-order valence-corrected chi connectivity index (χ3v) is 4.22. The molecule has 0 unspecified atom stereocenters. The Morgan fingerprint density at radius 2 is 1.94 bits per heavy atom. The van der Waals surface area contributed by atoms with E-state index in [1.54, 1.807) is 0 Å². The molecule has 3 heteroatoms. The topological polar surface area (TPSA) is 12.0 Å². The van der Waals surface area contributed by atoms with Gasteiger partial charge in [-0.2, -0.15) is 0 Å². The third kappa shape index (κ3) is 4.46. The fourth-order valence-electron chi connectivity index (χ4n) is 2.19. The minimum atomic E-state index is 0.291. The van der Waals surface area contributed by atoms with Gasteiger partial charge in [0, 0.05) is 6.04 Å². The summed E-state index contributed by atoms with van der Waals surface area (Å²) >= 11 is 12.0. The van der Waals surface area contributed by atoms with E-state index in [1.807, 2.05) is 12.1 Å². The van der Waals surface area contributed by atoms with Gasteiger partial charge in [-0.1, -0.05) is 43.1 Å². The molecule has 1 aliphatic carbocycles. The first-order chi connectivity index (χ1) is 8.46. The normalized spacial score (nSPS) is 16.0. The Kier molecular flexibility index (Phi) is 4.58. The Bertz CT molecular complexity index is 411. The largest absolute Gasteiger partial charge is 0.314 e. The van der Waals surface area contributed by atoms with Crippen LogP contribution in [0, 0.1) is 5.41 Å². The Morgan fingerprint density at radius 3 is 2.56 bits per heavy atom. The lowest BCUT2D eigenvalue weighted by molar-refractivity contribution is 0.325. The summed E-state index contributed by atoms with van der Waals surface area (Å²) in [6, 6.07) is 6.74. The minimum Gasteiger partial charge on any atom is -0.314 e. The third-order valence-electron chi connectivity index (χ3n) is 3.48. The van der Waals surface area contributed by atoms with Gasteiger partial charge in [-0.3, -0.25) is 0 Å².